The lowest BCUT2D eigenvalue weighted by Gasteiger charge is -2.07. The highest BCUT2D eigenvalue weighted by Gasteiger charge is 2.18. The monoisotopic (exact) mass is 376 g/mol. The summed E-state index contributed by atoms with van der Waals surface area (Å²) in [5, 5.41) is 8.77. The van der Waals surface area contributed by atoms with Crippen LogP contribution in [0.25, 0.3) is 22.2 Å². The quantitative estimate of drug-likeness (QED) is 0.505. The smallest absolute Gasteiger partial charge is 0.359 e. The molecule has 0 unspecified atom stereocenters. The van der Waals surface area contributed by atoms with Crippen LogP contribution in [0.5, 0.6) is 0 Å². The Morgan fingerprint density at radius 1 is 1.11 bits per heavy atom. The minimum absolute atomic E-state index is 0.0518. The van der Waals surface area contributed by atoms with Gasteiger partial charge in [-0.05, 0) is 13.0 Å². The van der Waals surface area contributed by atoms with Gasteiger partial charge in [-0.1, -0.05) is 53.2 Å². The van der Waals surface area contributed by atoms with Crippen LogP contribution in [0.15, 0.2) is 57.8 Å². The molecule has 0 N–H and O–H groups in total. The average Bonchev–Trinajstić information content (AvgIpc) is 3.18. The molecule has 2 aromatic heterocycles. The number of benzene rings is 2. The summed E-state index contributed by atoms with van der Waals surface area (Å²) >= 11 is 0. The zero-order chi connectivity index (χ0) is 19.7. The number of hydrogen-bond acceptors (Lipinski definition) is 7. The Morgan fingerprint density at radius 3 is 2.57 bits per heavy atom. The zero-order valence-electron chi connectivity index (χ0n) is 15.2. The van der Waals surface area contributed by atoms with Crippen molar-refractivity contribution in [1.29, 1.82) is 0 Å². The van der Waals surface area contributed by atoms with Crippen LogP contribution < -0.4 is 5.56 Å². The molecule has 0 amide bonds. The fourth-order valence-electron chi connectivity index (χ4n) is 2.78. The highest BCUT2D eigenvalue weighted by atomic mass is 16.6. The maximum Gasteiger partial charge on any atom is 0.359 e. The van der Waals surface area contributed by atoms with Gasteiger partial charge in [-0.15, -0.1) is 0 Å². The number of ether oxygens (including phenoxy) is 1. The minimum atomic E-state index is -0.679. The average molecular weight is 376 g/mol. The molecule has 0 radical (unpaired) electrons. The third kappa shape index (κ3) is 3.27. The molecule has 4 aromatic rings. The summed E-state index contributed by atoms with van der Waals surface area (Å²) in [6.45, 7) is 1.79. The molecule has 0 aliphatic carbocycles. The molecule has 2 heterocycles. The lowest BCUT2D eigenvalue weighted by molar-refractivity contribution is 0.0423. The molecule has 0 spiro atoms. The highest BCUT2D eigenvalue weighted by molar-refractivity contribution is 6.02. The van der Waals surface area contributed by atoms with Gasteiger partial charge in [0.25, 0.3) is 11.4 Å². The summed E-state index contributed by atoms with van der Waals surface area (Å²) in [4.78, 5) is 28.9. The SMILES string of the molecule is Cc1ccc(-c2noc(COC(=O)c3nn(C)c(=O)c4ccccc34)n2)cc1. The summed E-state index contributed by atoms with van der Waals surface area (Å²) in [6, 6.07) is 14.4. The van der Waals surface area contributed by atoms with E-state index < -0.39 is 5.97 Å². The van der Waals surface area contributed by atoms with Gasteiger partial charge in [-0.3, -0.25) is 4.79 Å². The van der Waals surface area contributed by atoms with Crippen molar-refractivity contribution in [2.75, 3.05) is 0 Å². The Hall–Kier alpha value is -3.81. The summed E-state index contributed by atoms with van der Waals surface area (Å²) < 4.78 is 11.5. The van der Waals surface area contributed by atoms with Crippen molar-refractivity contribution in [3.63, 3.8) is 0 Å². The molecule has 8 heteroatoms. The number of rotatable bonds is 4. The molecule has 8 nitrogen and oxygen atoms in total. The topological polar surface area (TPSA) is 100 Å². The lowest BCUT2D eigenvalue weighted by Crippen LogP contribution is -2.23. The van der Waals surface area contributed by atoms with Crippen molar-refractivity contribution in [1.82, 2.24) is 19.9 Å². The Bertz CT molecular complexity index is 1230. The van der Waals surface area contributed by atoms with Crippen molar-refractivity contribution in [3.05, 3.63) is 76.0 Å². The molecule has 0 aliphatic rings. The van der Waals surface area contributed by atoms with Crippen LogP contribution in [0, 0.1) is 6.92 Å². The molecule has 2 aromatic carbocycles. The van der Waals surface area contributed by atoms with E-state index in [1.54, 1.807) is 24.3 Å². The molecule has 0 saturated carbocycles. The van der Waals surface area contributed by atoms with Crippen molar-refractivity contribution in [2.24, 2.45) is 7.05 Å². The van der Waals surface area contributed by atoms with E-state index in [2.05, 4.69) is 15.2 Å². The van der Waals surface area contributed by atoms with E-state index in [-0.39, 0.29) is 23.8 Å². The van der Waals surface area contributed by atoms with Gasteiger partial charge in [0.2, 0.25) is 5.82 Å². The van der Waals surface area contributed by atoms with Crippen molar-refractivity contribution >= 4 is 16.7 Å². The second-order valence-electron chi connectivity index (χ2n) is 6.28. The molecular weight excluding hydrogens is 360 g/mol. The highest BCUT2D eigenvalue weighted by Crippen LogP contribution is 2.18. The van der Waals surface area contributed by atoms with Gasteiger partial charge in [0.05, 0.1) is 5.39 Å². The van der Waals surface area contributed by atoms with Crippen LogP contribution >= 0.6 is 0 Å². The van der Waals surface area contributed by atoms with E-state index in [4.69, 9.17) is 9.26 Å². The van der Waals surface area contributed by atoms with Gasteiger partial charge in [0.15, 0.2) is 12.3 Å². The van der Waals surface area contributed by atoms with E-state index in [0.717, 1.165) is 15.8 Å². The number of fused-ring (bicyclic) bond motifs is 1. The first-order chi connectivity index (χ1) is 13.5. The number of hydrogen-bond donors (Lipinski definition) is 0. The van der Waals surface area contributed by atoms with Crippen LogP contribution in [0.2, 0.25) is 0 Å². The molecule has 4 rings (SSSR count). The first-order valence-electron chi connectivity index (χ1n) is 8.56. The first-order valence-corrected chi connectivity index (χ1v) is 8.56. The Balaban J connectivity index is 1.54. The molecule has 0 atom stereocenters. The molecular formula is C20H16N4O4. The molecule has 140 valence electrons. The van der Waals surface area contributed by atoms with Crippen LogP contribution in [0.4, 0.5) is 0 Å². The van der Waals surface area contributed by atoms with Gasteiger partial charge in [0.1, 0.15) is 0 Å². The summed E-state index contributed by atoms with van der Waals surface area (Å²) in [6.07, 6.45) is 0. The Morgan fingerprint density at radius 2 is 1.82 bits per heavy atom. The van der Waals surface area contributed by atoms with Gasteiger partial charge >= 0.3 is 5.97 Å². The van der Waals surface area contributed by atoms with E-state index >= 15 is 0 Å². The lowest BCUT2D eigenvalue weighted by atomic mass is 10.1. The maximum atomic E-state index is 12.5. The normalized spacial score (nSPS) is 10.9. The first kappa shape index (κ1) is 17.6. The fraction of sp³-hybridized carbons (Fsp3) is 0.150. The van der Waals surface area contributed by atoms with Crippen molar-refractivity contribution < 1.29 is 14.1 Å². The maximum absolute atomic E-state index is 12.5. The fourth-order valence-corrected chi connectivity index (χ4v) is 2.78. The number of carbonyl (C=O) groups excluding carboxylic acids is 1. The predicted molar refractivity (Wildman–Crippen MR) is 101 cm³/mol. The zero-order valence-corrected chi connectivity index (χ0v) is 15.2. The Kier molecular flexibility index (Phi) is 4.44. The number of carbonyl (C=O) groups is 1. The summed E-state index contributed by atoms with van der Waals surface area (Å²) in [5.41, 5.74) is 1.69. The standard InChI is InChI=1S/C20H16N4O4/c1-12-7-9-13(10-8-12)18-21-16(28-23-18)11-27-20(26)17-14-5-3-4-6-15(14)19(25)24(2)22-17/h3-10H,11H2,1-2H3. The van der Waals surface area contributed by atoms with Crippen LogP contribution in [0.1, 0.15) is 21.9 Å². The Labute approximate surface area is 159 Å². The van der Waals surface area contributed by atoms with E-state index in [9.17, 15) is 9.59 Å². The number of nitrogens with zero attached hydrogens (tertiary/aromatic N) is 4. The number of esters is 1. The second kappa shape index (κ2) is 7.07. The van der Waals surface area contributed by atoms with E-state index in [1.165, 1.54) is 7.05 Å². The number of aromatic nitrogens is 4. The van der Waals surface area contributed by atoms with Crippen LogP contribution in [0.3, 0.4) is 0 Å². The minimum Gasteiger partial charge on any atom is -0.451 e. The van der Waals surface area contributed by atoms with Gasteiger partial charge < -0.3 is 9.26 Å². The van der Waals surface area contributed by atoms with Crippen LogP contribution in [-0.2, 0) is 18.4 Å². The van der Waals surface area contributed by atoms with Gasteiger partial charge in [-0.2, -0.15) is 10.1 Å². The largest absolute Gasteiger partial charge is 0.451 e. The van der Waals surface area contributed by atoms with Crippen molar-refractivity contribution in [3.8, 4) is 11.4 Å². The molecule has 28 heavy (non-hydrogen) atoms. The third-order valence-corrected chi connectivity index (χ3v) is 4.25. The molecule has 0 saturated heterocycles. The third-order valence-electron chi connectivity index (χ3n) is 4.25. The van der Waals surface area contributed by atoms with Gasteiger partial charge in [0, 0.05) is 18.0 Å². The van der Waals surface area contributed by atoms with Gasteiger partial charge in [-0.25, -0.2) is 9.48 Å². The van der Waals surface area contributed by atoms with Crippen LogP contribution in [-0.4, -0.2) is 25.9 Å². The van der Waals surface area contributed by atoms with E-state index in [1.807, 2.05) is 31.2 Å². The van der Waals surface area contributed by atoms with Crippen molar-refractivity contribution in [2.45, 2.75) is 13.5 Å². The molecule has 0 bridgehead atoms. The second-order valence-corrected chi connectivity index (χ2v) is 6.28. The predicted octanol–water partition coefficient (Wildman–Crippen LogP) is 2.65. The molecule has 0 fully saturated rings. The molecule has 0 aliphatic heterocycles. The number of aryl methyl sites for hydroxylation is 2. The summed E-state index contributed by atoms with van der Waals surface area (Å²) in [5.74, 6) is -0.100. The van der Waals surface area contributed by atoms with E-state index in [0.29, 0.717) is 16.6 Å². The summed E-state index contributed by atoms with van der Waals surface area (Å²) in [7, 11) is 1.48.